The van der Waals surface area contributed by atoms with E-state index in [9.17, 15) is 9.59 Å². The summed E-state index contributed by atoms with van der Waals surface area (Å²) in [6, 6.07) is 21.5. The maximum atomic E-state index is 12.4. The Labute approximate surface area is 167 Å². The molecule has 0 aromatic heterocycles. The van der Waals surface area contributed by atoms with Crippen molar-refractivity contribution in [1.82, 2.24) is 5.32 Å². The van der Waals surface area contributed by atoms with Gasteiger partial charge in [-0.2, -0.15) is 0 Å². The number of rotatable bonds is 4. The van der Waals surface area contributed by atoms with Crippen LogP contribution >= 0.6 is 11.8 Å². The number of amidine groups is 1. The fourth-order valence-electron chi connectivity index (χ4n) is 3.05. The molecule has 1 atom stereocenters. The van der Waals surface area contributed by atoms with Crippen molar-refractivity contribution in [3.63, 3.8) is 0 Å². The van der Waals surface area contributed by atoms with Crippen molar-refractivity contribution >= 4 is 50.9 Å². The average Bonchev–Trinajstić information content (AvgIpc) is 3.00. The predicted molar refractivity (Wildman–Crippen MR) is 115 cm³/mol. The maximum absolute atomic E-state index is 12.4. The molecular weight excluding hydrogens is 370 g/mol. The van der Waals surface area contributed by atoms with Crippen LogP contribution in [0.2, 0.25) is 0 Å². The Kier molecular flexibility index (Phi) is 5.12. The van der Waals surface area contributed by atoms with Gasteiger partial charge in [-0.3, -0.25) is 9.59 Å². The van der Waals surface area contributed by atoms with E-state index in [-0.39, 0.29) is 18.2 Å². The lowest BCUT2D eigenvalue weighted by atomic mass is 10.1. The average molecular weight is 389 g/mol. The summed E-state index contributed by atoms with van der Waals surface area (Å²) < 4.78 is 0. The summed E-state index contributed by atoms with van der Waals surface area (Å²) in [5.41, 5.74) is 2.60. The van der Waals surface area contributed by atoms with E-state index in [0.29, 0.717) is 5.17 Å². The van der Waals surface area contributed by atoms with E-state index >= 15 is 0 Å². The third-order valence-corrected chi connectivity index (χ3v) is 5.49. The van der Waals surface area contributed by atoms with Gasteiger partial charge in [-0.1, -0.05) is 54.2 Å². The molecular formula is C22H19N3O2S. The number of carbonyl (C=O) groups is 2. The summed E-state index contributed by atoms with van der Waals surface area (Å²) in [5.74, 6) is -0.384. The highest BCUT2D eigenvalue weighted by atomic mass is 32.2. The van der Waals surface area contributed by atoms with E-state index in [1.807, 2.05) is 73.7 Å². The quantitative estimate of drug-likeness (QED) is 0.695. The van der Waals surface area contributed by atoms with Gasteiger partial charge in [0.05, 0.1) is 5.69 Å². The number of nitrogens with zero attached hydrogens (tertiary/aromatic N) is 1. The SMILES string of the molecule is Cc1cccc(N=C2NC(=O)[C@H](CC(=O)Nc3ccc4ccccc4c3)S2)c1. The number of fused-ring (bicyclic) bond motifs is 1. The minimum absolute atomic E-state index is 0.0934. The van der Waals surface area contributed by atoms with Crippen LogP contribution in [0.3, 0.4) is 0 Å². The van der Waals surface area contributed by atoms with Gasteiger partial charge in [0.15, 0.2) is 5.17 Å². The van der Waals surface area contributed by atoms with E-state index in [1.165, 1.54) is 11.8 Å². The van der Waals surface area contributed by atoms with Gasteiger partial charge in [0.1, 0.15) is 5.25 Å². The molecule has 1 saturated heterocycles. The molecule has 5 nitrogen and oxygen atoms in total. The number of benzene rings is 3. The molecule has 140 valence electrons. The van der Waals surface area contributed by atoms with Crippen LogP contribution in [-0.2, 0) is 9.59 Å². The molecule has 0 saturated carbocycles. The first-order chi connectivity index (χ1) is 13.6. The predicted octanol–water partition coefficient (Wildman–Crippen LogP) is 4.40. The fourth-order valence-corrected chi connectivity index (χ4v) is 4.04. The van der Waals surface area contributed by atoms with Crippen molar-refractivity contribution in [3.05, 3.63) is 72.3 Å². The Morgan fingerprint density at radius 3 is 2.71 bits per heavy atom. The first kappa shape index (κ1) is 18.3. The molecule has 0 spiro atoms. The standard InChI is InChI=1S/C22H19N3O2S/c1-14-5-4-8-17(11-14)24-22-25-21(27)19(28-22)13-20(26)23-18-10-9-15-6-2-3-7-16(15)12-18/h2-12,19H,13H2,1H3,(H,23,26)(H,24,25,27)/t19-/m0/s1. The first-order valence-corrected chi connectivity index (χ1v) is 9.86. The van der Waals surface area contributed by atoms with Crippen molar-refractivity contribution in [2.75, 3.05) is 5.32 Å². The summed E-state index contributed by atoms with van der Waals surface area (Å²) in [4.78, 5) is 29.1. The Bertz CT molecular complexity index is 1090. The molecule has 28 heavy (non-hydrogen) atoms. The van der Waals surface area contributed by atoms with Crippen LogP contribution in [0.1, 0.15) is 12.0 Å². The largest absolute Gasteiger partial charge is 0.326 e. The molecule has 1 aliphatic rings. The van der Waals surface area contributed by atoms with Crippen molar-refractivity contribution < 1.29 is 9.59 Å². The number of aliphatic imine (C=N–C) groups is 1. The number of carbonyl (C=O) groups excluding carboxylic acids is 2. The number of aryl methyl sites for hydroxylation is 1. The van der Waals surface area contributed by atoms with Crippen molar-refractivity contribution in [1.29, 1.82) is 0 Å². The van der Waals surface area contributed by atoms with Crippen LogP contribution in [-0.4, -0.2) is 22.2 Å². The second-order valence-electron chi connectivity index (χ2n) is 6.67. The minimum Gasteiger partial charge on any atom is -0.326 e. The Balaban J connectivity index is 1.40. The van der Waals surface area contributed by atoms with E-state index in [1.54, 1.807) is 0 Å². The molecule has 0 unspecified atom stereocenters. The van der Waals surface area contributed by atoms with Gasteiger partial charge < -0.3 is 10.6 Å². The van der Waals surface area contributed by atoms with Crippen LogP contribution < -0.4 is 10.6 Å². The van der Waals surface area contributed by atoms with Crippen molar-refractivity contribution in [2.45, 2.75) is 18.6 Å². The van der Waals surface area contributed by atoms with Crippen LogP contribution in [0, 0.1) is 6.92 Å². The molecule has 1 aliphatic heterocycles. The van der Waals surface area contributed by atoms with Gasteiger partial charge in [0.25, 0.3) is 0 Å². The molecule has 4 rings (SSSR count). The fraction of sp³-hybridized carbons (Fsp3) is 0.136. The normalized spacial score (nSPS) is 17.7. The highest BCUT2D eigenvalue weighted by Gasteiger charge is 2.32. The molecule has 0 radical (unpaired) electrons. The smallest absolute Gasteiger partial charge is 0.240 e. The second-order valence-corrected chi connectivity index (χ2v) is 7.86. The zero-order valence-electron chi connectivity index (χ0n) is 15.3. The van der Waals surface area contributed by atoms with Crippen LogP contribution in [0.25, 0.3) is 10.8 Å². The zero-order valence-corrected chi connectivity index (χ0v) is 16.1. The minimum atomic E-state index is -0.482. The van der Waals surface area contributed by atoms with Gasteiger partial charge in [0, 0.05) is 12.1 Å². The Morgan fingerprint density at radius 1 is 1.07 bits per heavy atom. The van der Waals surface area contributed by atoms with Crippen LogP contribution in [0.15, 0.2) is 71.7 Å². The first-order valence-electron chi connectivity index (χ1n) is 8.98. The summed E-state index contributed by atoms with van der Waals surface area (Å²) in [7, 11) is 0. The third kappa shape index (κ3) is 4.23. The highest BCUT2D eigenvalue weighted by molar-refractivity contribution is 8.15. The number of hydrogen-bond donors (Lipinski definition) is 2. The van der Waals surface area contributed by atoms with Crippen LogP contribution in [0.5, 0.6) is 0 Å². The van der Waals surface area contributed by atoms with Crippen molar-refractivity contribution in [3.8, 4) is 0 Å². The lowest BCUT2D eigenvalue weighted by Gasteiger charge is -2.08. The number of thioether (sulfide) groups is 1. The monoisotopic (exact) mass is 389 g/mol. The summed E-state index contributed by atoms with van der Waals surface area (Å²) in [6.07, 6.45) is 0.0934. The molecule has 2 N–H and O–H groups in total. The summed E-state index contributed by atoms with van der Waals surface area (Å²) in [6.45, 7) is 1.99. The van der Waals surface area contributed by atoms with Gasteiger partial charge in [0.2, 0.25) is 11.8 Å². The molecule has 1 heterocycles. The molecule has 2 amide bonds. The number of anilines is 1. The Hall–Kier alpha value is -3.12. The zero-order chi connectivity index (χ0) is 19.5. The lowest BCUT2D eigenvalue weighted by Crippen LogP contribution is -2.28. The molecule has 0 aliphatic carbocycles. The van der Waals surface area contributed by atoms with E-state index in [0.717, 1.165) is 27.7 Å². The summed E-state index contributed by atoms with van der Waals surface area (Å²) >= 11 is 1.29. The molecule has 3 aromatic rings. The number of amides is 2. The van der Waals surface area contributed by atoms with Gasteiger partial charge >= 0.3 is 0 Å². The van der Waals surface area contributed by atoms with Crippen molar-refractivity contribution in [2.24, 2.45) is 4.99 Å². The van der Waals surface area contributed by atoms with Gasteiger partial charge in [-0.25, -0.2) is 4.99 Å². The molecule has 0 bridgehead atoms. The summed E-state index contributed by atoms with van der Waals surface area (Å²) in [5, 5.41) is 7.86. The molecule has 1 fully saturated rings. The van der Waals surface area contributed by atoms with Gasteiger partial charge in [-0.05, 0) is 47.5 Å². The number of nitrogens with one attached hydrogen (secondary N) is 2. The molecule has 3 aromatic carbocycles. The lowest BCUT2D eigenvalue weighted by molar-refractivity contribution is -0.122. The highest BCUT2D eigenvalue weighted by Crippen LogP contribution is 2.26. The topological polar surface area (TPSA) is 70.6 Å². The molecule has 6 heteroatoms. The van der Waals surface area contributed by atoms with Crippen LogP contribution in [0.4, 0.5) is 11.4 Å². The third-order valence-electron chi connectivity index (χ3n) is 4.41. The van der Waals surface area contributed by atoms with E-state index in [4.69, 9.17) is 0 Å². The number of hydrogen-bond acceptors (Lipinski definition) is 4. The van der Waals surface area contributed by atoms with E-state index in [2.05, 4.69) is 15.6 Å². The maximum Gasteiger partial charge on any atom is 0.240 e. The van der Waals surface area contributed by atoms with Gasteiger partial charge in [-0.15, -0.1) is 0 Å². The second kappa shape index (κ2) is 7.86. The Morgan fingerprint density at radius 2 is 1.89 bits per heavy atom. The van der Waals surface area contributed by atoms with E-state index < -0.39 is 5.25 Å².